The van der Waals surface area contributed by atoms with E-state index in [1.54, 1.807) is 25.2 Å². The Morgan fingerprint density at radius 3 is 2.52 bits per heavy atom. The van der Waals surface area contributed by atoms with Gasteiger partial charge in [-0.1, -0.05) is 60.7 Å². The smallest absolute Gasteiger partial charge is 0.241 e. The molecule has 1 aromatic carbocycles. The van der Waals surface area contributed by atoms with Crippen molar-refractivity contribution in [3.8, 4) is 0 Å². The number of nitro groups is 1. The lowest BCUT2D eigenvalue weighted by molar-refractivity contribution is -0.549. The van der Waals surface area contributed by atoms with Crippen LogP contribution in [0.5, 0.6) is 0 Å². The van der Waals surface area contributed by atoms with Gasteiger partial charge in [0.1, 0.15) is 0 Å². The highest BCUT2D eigenvalue weighted by molar-refractivity contribution is 5.57. The molecule has 1 aliphatic rings. The zero-order valence-corrected chi connectivity index (χ0v) is 12.4. The van der Waals surface area contributed by atoms with Crippen molar-refractivity contribution in [2.45, 2.75) is 25.8 Å². The van der Waals surface area contributed by atoms with Crippen LogP contribution in [-0.4, -0.2) is 10.5 Å². The van der Waals surface area contributed by atoms with Crippen molar-refractivity contribution in [1.29, 1.82) is 0 Å². The van der Waals surface area contributed by atoms with Crippen LogP contribution in [0.2, 0.25) is 0 Å². The largest absolute Gasteiger partial charge is 0.264 e. The van der Waals surface area contributed by atoms with E-state index >= 15 is 0 Å². The van der Waals surface area contributed by atoms with Gasteiger partial charge in [-0.25, -0.2) is 0 Å². The number of hydrogen-bond donors (Lipinski definition) is 0. The van der Waals surface area contributed by atoms with Gasteiger partial charge in [0.05, 0.1) is 0 Å². The maximum absolute atomic E-state index is 11.2. The van der Waals surface area contributed by atoms with Crippen molar-refractivity contribution in [1.82, 2.24) is 0 Å². The van der Waals surface area contributed by atoms with E-state index in [0.29, 0.717) is 6.42 Å². The topological polar surface area (TPSA) is 43.1 Å². The van der Waals surface area contributed by atoms with Gasteiger partial charge in [-0.05, 0) is 29.7 Å². The van der Waals surface area contributed by atoms with Crippen LogP contribution < -0.4 is 0 Å². The molecule has 2 rings (SSSR count). The normalized spacial score (nSPS) is 21.8. The molecule has 1 atom stereocenters. The van der Waals surface area contributed by atoms with E-state index < -0.39 is 5.54 Å². The summed E-state index contributed by atoms with van der Waals surface area (Å²) in [6.45, 7) is 7.46. The molecule has 108 valence electrons. The molecule has 0 aromatic heterocycles. The minimum atomic E-state index is -1.04. The minimum Gasteiger partial charge on any atom is -0.264 e. The average molecular weight is 281 g/mol. The van der Waals surface area contributed by atoms with Crippen LogP contribution in [0.25, 0.3) is 6.08 Å². The van der Waals surface area contributed by atoms with E-state index in [-0.39, 0.29) is 4.92 Å². The summed E-state index contributed by atoms with van der Waals surface area (Å²) in [6, 6.07) is 8.16. The highest BCUT2D eigenvalue weighted by Crippen LogP contribution is 2.31. The van der Waals surface area contributed by atoms with Gasteiger partial charge in [0.2, 0.25) is 5.54 Å². The fourth-order valence-corrected chi connectivity index (χ4v) is 2.28. The molecular weight excluding hydrogens is 262 g/mol. The van der Waals surface area contributed by atoms with Gasteiger partial charge in [0, 0.05) is 18.3 Å². The molecule has 0 N–H and O–H groups in total. The summed E-state index contributed by atoms with van der Waals surface area (Å²) in [5.41, 5.74) is 3.12. The molecular formula is C18H19NO2. The summed E-state index contributed by atoms with van der Waals surface area (Å²) in [5, 5.41) is 11.2. The van der Waals surface area contributed by atoms with Gasteiger partial charge in [-0.15, -0.1) is 0 Å². The first-order chi connectivity index (χ1) is 9.94. The Labute approximate surface area is 125 Å². The van der Waals surface area contributed by atoms with E-state index in [0.717, 1.165) is 16.7 Å². The predicted molar refractivity (Wildman–Crippen MR) is 86.6 cm³/mol. The molecule has 3 heteroatoms. The number of rotatable bonds is 4. The molecule has 1 aromatic rings. The van der Waals surface area contributed by atoms with Crippen LogP contribution in [0.3, 0.4) is 0 Å². The quantitative estimate of drug-likeness (QED) is 0.603. The fraction of sp³-hybridized carbons (Fsp3) is 0.222. The second-order valence-electron chi connectivity index (χ2n) is 5.55. The molecule has 0 saturated carbocycles. The minimum absolute atomic E-state index is 0.233. The maximum Gasteiger partial charge on any atom is 0.241 e. The summed E-state index contributed by atoms with van der Waals surface area (Å²) in [6.07, 6.45) is 9.48. The summed E-state index contributed by atoms with van der Waals surface area (Å²) >= 11 is 0. The molecule has 1 aliphatic carbocycles. The summed E-state index contributed by atoms with van der Waals surface area (Å²) in [4.78, 5) is 11.0. The van der Waals surface area contributed by atoms with Crippen LogP contribution in [0.1, 0.15) is 24.5 Å². The molecule has 0 fully saturated rings. The third kappa shape index (κ3) is 3.37. The second kappa shape index (κ2) is 5.92. The van der Waals surface area contributed by atoms with Gasteiger partial charge in [-0.3, -0.25) is 10.1 Å². The lowest BCUT2D eigenvalue weighted by Crippen LogP contribution is -2.34. The molecule has 0 amide bonds. The highest BCUT2D eigenvalue weighted by atomic mass is 16.6. The van der Waals surface area contributed by atoms with Crippen molar-refractivity contribution < 1.29 is 4.92 Å². The first kappa shape index (κ1) is 15.0. The average Bonchev–Trinajstić information content (AvgIpc) is 2.47. The summed E-state index contributed by atoms with van der Waals surface area (Å²) < 4.78 is 0. The Balaban J connectivity index is 2.29. The highest BCUT2D eigenvalue weighted by Gasteiger charge is 2.37. The Hall–Kier alpha value is -2.42. The summed E-state index contributed by atoms with van der Waals surface area (Å²) in [5.74, 6) is 0. The number of benzene rings is 1. The fourth-order valence-electron chi connectivity index (χ4n) is 2.28. The molecule has 0 aliphatic heterocycles. The Morgan fingerprint density at radius 2 is 1.95 bits per heavy atom. The van der Waals surface area contributed by atoms with Gasteiger partial charge < -0.3 is 0 Å². The van der Waals surface area contributed by atoms with Gasteiger partial charge in [-0.2, -0.15) is 0 Å². The SMILES string of the molecule is C=CC1=C(C=Cc2ccc(C)cc2)CC(C)([N+](=O)[O-])C=C1. The summed E-state index contributed by atoms with van der Waals surface area (Å²) in [7, 11) is 0. The molecule has 0 radical (unpaired) electrons. The number of allylic oxidation sites excluding steroid dienone is 4. The second-order valence-corrected chi connectivity index (χ2v) is 5.55. The zero-order chi connectivity index (χ0) is 15.5. The van der Waals surface area contributed by atoms with Gasteiger partial charge in [0.15, 0.2) is 0 Å². The van der Waals surface area contributed by atoms with Crippen molar-refractivity contribution in [3.63, 3.8) is 0 Å². The number of aryl methyl sites for hydroxylation is 1. The monoisotopic (exact) mass is 281 g/mol. The maximum atomic E-state index is 11.2. The van der Waals surface area contributed by atoms with E-state index in [1.807, 2.05) is 43.3 Å². The van der Waals surface area contributed by atoms with Crippen molar-refractivity contribution in [2.24, 2.45) is 0 Å². The number of nitrogens with zero attached hydrogens (tertiary/aromatic N) is 1. The molecule has 1 unspecified atom stereocenters. The van der Waals surface area contributed by atoms with Crippen molar-refractivity contribution in [2.75, 3.05) is 0 Å². The molecule has 0 bridgehead atoms. The Morgan fingerprint density at radius 1 is 1.29 bits per heavy atom. The van der Waals surface area contributed by atoms with E-state index in [9.17, 15) is 10.1 Å². The van der Waals surface area contributed by atoms with E-state index in [1.165, 1.54) is 5.56 Å². The van der Waals surface area contributed by atoms with Crippen LogP contribution in [-0.2, 0) is 0 Å². The predicted octanol–water partition coefficient (Wildman–Crippen LogP) is 4.49. The lowest BCUT2D eigenvalue weighted by Gasteiger charge is -2.22. The van der Waals surface area contributed by atoms with Crippen LogP contribution >= 0.6 is 0 Å². The van der Waals surface area contributed by atoms with Crippen LogP contribution in [0.15, 0.2) is 66.3 Å². The van der Waals surface area contributed by atoms with Crippen molar-refractivity contribution >= 4 is 6.08 Å². The Bertz CT molecular complexity index is 650. The van der Waals surface area contributed by atoms with Crippen LogP contribution in [0.4, 0.5) is 0 Å². The molecule has 0 saturated heterocycles. The standard InChI is InChI=1S/C18H19NO2/c1-4-16-11-12-18(3,19(20)21)13-17(16)10-9-15-7-5-14(2)6-8-15/h4-12H,1,13H2,2-3H3. The molecule has 3 nitrogen and oxygen atoms in total. The molecule has 0 heterocycles. The first-order valence-corrected chi connectivity index (χ1v) is 6.89. The number of hydrogen-bond acceptors (Lipinski definition) is 2. The third-order valence-corrected chi connectivity index (χ3v) is 3.73. The van der Waals surface area contributed by atoms with E-state index in [2.05, 4.69) is 6.58 Å². The van der Waals surface area contributed by atoms with Gasteiger partial charge in [0.25, 0.3) is 0 Å². The van der Waals surface area contributed by atoms with Gasteiger partial charge >= 0.3 is 0 Å². The zero-order valence-electron chi connectivity index (χ0n) is 12.4. The third-order valence-electron chi connectivity index (χ3n) is 3.73. The molecule has 0 spiro atoms. The molecule has 21 heavy (non-hydrogen) atoms. The van der Waals surface area contributed by atoms with Crippen LogP contribution in [0, 0.1) is 17.0 Å². The van der Waals surface area contributed by atoms with Crippen molar-refractivity contribution in [3.05, 3.63) is 87.5 Å². The van der Waals surface area contributed by atoms with E-state index in [4.69, 9.17) is 0 Å². The Kier molecular flexibility index (Phi) is 4.22. The first-order valence-electron chi connectivity index (χ1n) is 6.89. The lowest BCUT2D eigenvalue weighted by atomic mass is 9.85.